The van der Waals surface area contributed by atoms with Gasteiger partial charge in [0.25, 0.3) is 0 Å². The van der Waals surface area contributed by atoms with Crippen LogP contribution in [0.5, 0.6) is 0 Å². The molecule has 0 aliphatic carbocycles. The maximum atomic E-state index is 10.4. The van der Waals surface area contributed by atoms with Crippen molar-refractivity contribution in [3.05, 3.63) is 11.6 Å². The fourth-order valence-electron chi connectivity index (χ4n) is 1.80. The third-order valence-corrected chi connectivity index (χ3v) is 2.78. The number of nitrogens with zero attached hydrogens (tertiary/aromatic N) is 1. The molecular formula is C11H19NO3. The Kier molecular flexibility index (Phi) is 3.88. The first-order valence-corrected chi connectivity index (χ1v) is 5.24. The van der Waals surface area contributed by atoms with Crippen molar-refractivity contribution >= 4 is 5.97 Å². The van der Waals surface area contributed by atoms with Gasteiger partial charge in [0.2, 0.25) is 0 Å². The predicted molar refractivity (Wildman–Crippen MR) is 57.7 cm³/mol. The Morgan fingerprint density at radius 3 is 2.47 bits per heavy atom. The van der Waals surface area contributed by atoms with Gasteiger partial charge in [-0.25, -0.2) is 4.79 Å². The van der Waals surface area contributed by atoms with Crippen LogP contribution in [-0.2, 0) is 4.79 Å². The fourth-order valence-corrected chi connectivity index (χ4v) is 1.80. The quantitative estimate of drug-likeness (QED) is 0.683. The van der Waals surface area contributed by atoms with E-state index in [0.717, 1.165) is 31.5 Å². The van der Waals surface area contributed by atoms with Crippen molar-refractivity contribution in [2.24, 2.45) is 0 Å². The fraction of sp³-hybridized carbons (Fsp3) is 0.727. The SMILES string of the molecule is CC(=CC(=O)O)CN1CCC(C)(O)CC1. The second-order valence-corrected chi connectivity index (χ2v) is 4.60. The normalized spacial score (nSPS) is 22.7. The van der Waals surface area contributed by atoms with Crippen molar-refractivity contribution in [1.29, 1.82) is 0 Å². The zero-order chi connectivity index (χ0) is 11.5. The van der Waals surface area contributed by atoms with Crippen molar-refractivity contribution < 1.29 is 15.0 Å². The molecular weight excluding hydrogens is 194 g/mol. The summed E-state index contributed by atoms with van der Waals surface area (Å²) in [6.45, 7) is 6.02. The zero-order valence-corrected chi connectivity index (χ0v) is 9.36. The molecule has 0 saturated carbocycles. The van der Waals surface area contributed by atoms with Gasteiger partial charge in [0.1, 0.15) is 0 Å². The Balaban J connectivity index is 2.39. The first-order chi connectivity index (χ1) is 6.89. The molecule has 0 aromatic rings. The van der Waals surface area contributed by atoms with E-state index >= 15 is 0 Å². The molecule has 86 valence electrons. The van der Waals surface area contributed by atoms with Gasteiger partial charge in [-0.3, -0.25) is 4.90 Å². The molecule has 2 N–H and O–H groups in total. The van der Waals surface area contributed by atoms with Crippen LogP contribution in [0.4, 0.5) is 0 Å². The van der Waals surface area contributed by atoms with Gasteiger partial charge in [-0.05, 0) is 26.7 Å². The molecule has 0 aromatic heterocycles. The number of aliphatic carboxylic acids is 1. The molecule has 4 nitrogen and oxygen atoms in total. The van der Waals surface area contributed by atoms with Gasteiger partial charge >= 0.3 is 5.97 Å². The molecule has 0 unspecified atom stereocenters. The van der Waals surface area contributed by atoms with Crippen molar-refractivity contribution in [2.45, 2.75) is 32.3 Å². The summed E-state index contributed by atoms with van der Waals surface area (Å²) < 4.78 is 0. The Morgan fingerprint density at radius 2 is 2.00 bits per heavy atom. The molecule has 1 aliphatic rings. The first-order valence-electron chi connectivity index (χ1n) is 5.24. The Labute approximate surface area is 90.2 Å². The molecule has 0 bridgehead atoms. The summed E-state index contributed by atoms with van der Waals surface area (Å²) in [5, 5.41) is 18.3. The smallest absolute Gasteiger partial charge is 0.328 e. The van der Waals surface area contributed by atoms with E-state index in [1.165, 1.54) is 6.08 Å². The summed E-state index contributed by atoms with van der Waals surface area (Å²) in [6, 6.07) is 0. The Morgan fingerprint density at radius 1 is 1.47 bits per heavy atom. The van der Waals surface area contributed by atoms with Gasteiger partial charge in [-0.1, -0.05) is 5.57 Å². The van der Waals surface area contributed by atoms with E-state index < -0.39 is 11.6 Å². The number of carbonyl (C=O) groups is 1. The standard InChI is InChI=1S/C11H19NO3/c1-9(7-10(13)14)8-12-5-3-11(2,15)4-6-12/h7,15H,3-6,8H2,1-2H3,(H,13,14). The van der Waals surface area contributed by atoms with Crippen LogP contribution in [0.25, 0.3) is 0 Å². The van der Waals surface area contributed by atoms with Gasteiger partial charge in [0.15, 0.2) is 0 Å². The maximum absolute atomic E-state index is 10.4. The van der Waals surface area contributed by atoms with E-state index in [9.17, 15) is 9.90 Å². The molecule has 1 heterocycles. The number of hydrogen-bond acceptors (Lipinski definition) is 3. The summed E-state index contributed by atoms with van der Waals surface area (Å²) in [5.41, 5.74) is 0.310. The van der Waals surface area contributed by atoms with Gasteiger partial charge in [0, 0.05) is 25.7 Å². The lowest BCUT2D eigenvalue weighted by molar-refractivity contribution is -0.131. The number of rotatable bonds is 3. The number of hydrogen-bond donors (Lipinski definition) is 2. The topological polar surface area (TPSA) is 60.8 Å². The Bertz CT molecular complexity index is 261. The van der Waals surface area contributed by atoms with Gasteiger partial charge in [0.05, 0.1) is 5.60 Å². The van der Waals surface area contributed by atoms with Crippen LogP contribution in [-0.4, -0.2) is 46.3 Å². The second-order valence-electron chi connectivity index (χ2n) is 4.60. The van der Waals surface area contributed by atoms with Crippen LogP contribution >= 0.6 is 0 Å². The molecule has 0 aromatic carbocycles. The van der Waals surface area contributed by atoms with Gasteiger partial charge in [-0.15, -0.1) is 0 Å². The lowest BCUT2D eigenvalue weighted by Gasteiger charge is -2.35. The van der Waals surface area contributed by atoms with Crippen molar-refractivity contribution in [3.8, 4) is 0 Å². The minimum Gasteiger partial charge on any atom is -0.478 e. The van der Waals surface area contributed by atoms with Crippen molar-refractivity contribution in [1.82, 2.24) is 4.90 Å². The minimum absolute atomic E-state index is 0.541. The second kappa shape index (κ2) is 4.77. The molecule has 0 atom stereocenters. The van der Waals surface area contributed by atoms with Crippen LogP contribution in [0.1, 0.15) is 26.7 Å². The van der Waals surface area contributed by atoms with E-state index in [1.54, 1.807) is 0 Å². The van der Waals surface area contributed by atoms with Crippen molar-refractivity contribution in [2.75, 3.05) is 19.6 Å². The van der Waals surface area contributed by atoms with Crippen LogP contribution in [0, 0.1) is 0 Å². The minimum atomic E-state index is -0.892. The highest BCUT2D eigenvalue weighted by Gasteiger charge is 2.26. The molecule has 4 heteroatoms. The van der Waals surface area contributed by atoms with Crippen LogP contribution < -0.4 is 0 Å². The number of carboxylic acid groups (broad SMARTS) is 1. The van der Waals surface area contributed by atoms with Gasteiger partial charge < -0.3 is 10.2 Å². The molecule has 0 spiro atoms. The molecule has 1 saturated heterocycles. The molecule has 1 fully saturated rings. The van der Waals surface area contributed by atoms with E-state index in [1.807, 2.05) is 13.8 Å². The van der Waals surface area contributed by atoms with Crippen LogP contribution in [0.3, 0.4) is 0 Å². The number of carboxylic acids is 1. The number of aliphatic hydroxyl groups is 1. The van der Waals surface area contributed by atoms with Crippen LogP contribution in [0.15, 0.2) is 11.6 Å². The van der Waals surface area contributed by atoms with E-state index in [2.05, 4.69) is 4.90 Å². The number of piperidine rings is 1. The monoisotopic (exact) mass is 213 g/mol. The molecule has 15 heavy (non-hydrogen) atoms. The van der Waals surface area contributed by atoms with Crippen molar-refractivity contribution in [3.63, 3.8) is 0 Å². The molecule has 1 rings (SSSR count). The van der Waals surface area contributed by atoms with Gasteiger partial charge in [-0.2, -0.15) is 0 Å². The summed E-state index contributed by atoms with van der Waals surface area (Å²) in [6.07, 6.45) is 2.76. The highest BCUT2D eigenvalue weighted by atomic mass is 16.4. The lowest BCUT2D eigenvalue weighted by atomic mass is 9.93. The average Bonchev–Trinajstić information content (AvgIpc) is 2.07. The third kappa shape index (κ3) is 4.44. The summed E-state index contributed by atoms with van der Waals surface area (Å²) >= 11 is 0. The third-order valence-electron chi connectivity index (χ3n) is 2.78. The highest BCUT2D eigenvalue weighted by molar-refractivity contribution is 5.80. The van der Waals surface area contributed by atoms with Crippen LogP contribution in [0.2, 0.25) is 0 Å². The Hall–Kier alpha value is -0.870. The zero-order valence-electron chi connectivity index (χ0n) is 9.36. The summed E-state index contributed by atoms with van der Waals surface area (Å²) in [4.78, 5) is 12.6. The van der Waals surface area contributed by atoms with E-state index in [0.29, 0.717) is 6.54 Å². The molecule has 0 amide bonds. The highest BCUT2D eigenvalue weighted by Crippen LogP contribution is 2.21. The molecule has 1 aliphatic heterocycles. The summed E-state index contributed by atoms with van der Waals surface area (Å²) in [5.74, 6) is -0.892. The summed E-state index contributed by atoms with van der Waals surface area (Å²) in [7, 11) is 0. The number of likely N-dealkylation sites (tertiary alicyclic amines) is 1. The lowest BCUT2D eigenvalue weighted by Crippen LogP contribution is -2.42. The molecule has 0 radical (unpaired) electrons. The maximum Gasteiger partial charge on any atom is 0.328 e. The van der Waals surface area contributed by atoms with E-state index in [-0.39, 0.29) is 0 Å². The predicted octanol–water partition coefficient (Wildman–Crippen LogP) is 0.864. The average molecular weight is 213 g/mol. The first kappa shape index (κ1) is 12.2. The van der Waals surface area contributed by atoms with E-state index in [4.69, 9.17) is 5.11 Å². The largest absolute Gasteiger partial charge is 0.478 e.